The van der Waals surface area contributed by atoms with Crippen molar-refractivity contribution in [2.24, 2.45) is 0 Å². The number of aryl methyl sites for hydroxylation is 1. The van der Waals surface area contributed by atoms with E-state index in [1.165, 1.54) is 0 Å². The summed E-state index contributed by atoms with van der Waals surface area (Å²) >= 11 is 0. The van der Waals surface area contributed by atoms with Crippen molar-refractivity contribution < 1.29 is 14.7 Å². The van der Waals surface area contributed by atoms with Crippen LogP contribution in [0.2, 0.25) is 0 Å². The highest BCUT2D eigenvalue weighted by molar-refractivity contribution is 6.40. The van der Waals surface area contributed by atoms with Crippen molar-refractivity contribution in [2.45, 2.75) is 12.8 Å². The van der Waals surface area contributed by atoms with E-state index < -0.39 is 11.8 Å². The number of carboxylic acid groups (broad SMARTS) is 1. The highest BCUT2D eigenvalue weighted by Crippen LogP contribution is 2.26. The number of fused-ring (bicyclic) bond motifs is 1. The molecule has 0 radical (unpaired) electrons. The zero-order valence-electron chi connectivity index (χ0n) is 8.56. The Hall–Kier alpha value is -2.10. The summed E-state index contributed by atoms with van der Waals surface area (Å²) < 4.78 is 0. The summed E-state index contributed by atoms with van der Waals surface area (Å²) in [6.07, 6.45) is 2.75. The molecule has 3 N–H and O–H groups in total. The fourth-order valence-corrected chi connectivity index (χ4v) is 1.83. The number of hydrogen-bond acceptors (Lipinski definition) is 3. The number of hydrogen-bond donors (Lipinski definition) is 2. The van der Waals surface area contributed by atoms with Gasteiger partial charge < -0.3 is 10.8 Å². The second-order valence-corrected chi connectivity index (χ2v) is 3.76. The third-order valence-electron chi connectivity index (χ3n) is 2.65. The molecule has 1 aromatic carbocycles. The molecule has 0 fully saturated rings. The molecule has 0 spiro atoms. The Morgan fingerprint density at radius 1 is 1.25 bits per heavy atom. The molecule has 1 aliphatic carbocycles. The van der Waals surface area contributed by atoms with Gasteiger partial charge in [0.25, 0.3) is 5.78 Å². The highest BCUT2D eigenvalue weighted by Gasteiger charge is 2.21. The van der Waals surface area contributed by atoms with Gasteiger partial charge in [-0.3, -0.25) is 4.79 Å². The van der Waals surface area contributed by atoms with E-state index in [0.29, 0.717) is 24.1 Å². The second-order valence-electron chi connectivity index (χ2n) is 3.76. The Morgan fingerprint density at radius 3 is 2.69 bits per heavy atom. The van der Waals surface area contributed by atoms with Gasteiger partial charge in [0.2, 0.25) is 0 Å². The van der Waals surface area contributed by atoms with Gasteiger partial charge in [0.15, 0.2) is 0 Å². The van der Waals surface area contributed by atoms with E-state index in [2.05, 4.69) is 0 Å². The van der Waals surface area contributed by atoms with Crippen LogP contribution in [-0.4, -0.2) is 16.9 Å². The zero-order chi connectivity index (χ0) is 11.7. The molecule has 0 aromatic heterocycles. The quantitative estimate of drug-likeness (QED) is 0.577. The minimum absolute atomic E-state index is 0.352. The summed E-state index contributed by atoms with van der Waals surface area (Å²) in [6.45, 7) is 0. The molecule has 1 aliphatic rings. The molecule has 2 rings (SSSR count). The number of carbonyl (C=O) groups is 2. The predicted octanol–water partition coefficient (Wildman–Crippen LogP) is 1.25. The molecule has 0 saturated heterocycles. The Bertz CT molecular complexity index is 503. The normalized spacial score (nSPS) is 13.9. The van der Waals surface area contributed by atoms with E-state index >= 15 is 0 Å². The van der Waals surface area contributed by atoms with E-state index in [0.717, 1.165) is 11.1 Å². The lowest BCUT2D eigenvalue weighted by molar-refractivity contribution is -0.147. The van der Waals surface area contributed by atoms with Crippen molar-refractivity contribution in [3.8, 4) is 0 Å². The molecule has 4 nitrogen and oxygen atoms in total. The van der Waals surface area contributed by atoms with Crippen LogP contribution in [0.4, 0.5) is 5.69 Å². The van der Waals surface area contributed by atoms with Crippen molar-refractivity contribution >= 4 is 23.5 Å². The van der Waals surface area contributed by atoms with Crippen LogP contribution in [-0.2, 0) is 16.0 Å². The van der Waals surface area contributed by atoms with Crippen LogP contribution >= 0.6 is 0 Å². The van der Waals surface area contributed by atoms with E-state index in [-0.39, 0.29) is 0 Å². The average Bonchev–Trinajstić information content (AvgIpc) is 2.27. The number of ketones is 1. The van der Waals surface area contributed by atoms with Crippen LogP contribution in [0.25, 0.3) is 6.08 Å². The maximum atomic E-state index is 11.3. The number of carbonyl (C=O) groups excluding carboxylic acids is 1. The first-order chi connectivity index (χ1) is 7.58. The number of Topliss-reactive ketones (excluding diaryl/α,β-unsaturated/α-hetero) is 1. The molecular weight excluding hydrogens is 206 g/mol. The fourth-order valence-electron chi connectivity index (χ4n) is 1.83. The summed E-state index contributed by atoms with van der Waals surface area (Å²) in [5.41, 5.74) is 8.61. The minimum atomic E-state index is -1.40. The van der Waals surface area contributed by atoms with Crippen LogP contribution in [0.3, 0.4) is 0 Å². The molecule has 1 aromatic rings. The summed E-state index contributed by atoms with van der Waals surface area (Å²) in [7, 11) is 0. The van der Waals surface area contributed by atoms with Crippen molar-refractivity contribution in [1.29, 1.82) is 0 Å². The van der Waals surface area contributed by atoms with Gasteiger partial charge in [0.1, 0.15) is 0 Å². The minimum Gasteiger partial charge on any atom is -0.475 e. The number of anilines is 1. The van der Waals surface area contributed by atoms with Gasteiger partial charge in [0.05, 0.1) is 0 Å². The smallest absolute Gasteiger partial charge is 0.376 e. The molecule has 0 unspecified atom stereocenters. The third kappa shape index (κ3) is 1.82. The molecule has 16 heavy (non-hydrogen) atoms. The molecular formula is C12H11NO3. The predicted molar refractivity (Wildman–Crippen MR) is 59.8 cm³/mol. The van der Waals surface area contributed by atoms with E-state index in [9.17, 15) is 9.59 Å². The van der Waals surface area contributed by atoms with E-state index in [4.69, 9.17) is 10.8 Å². The van der Waals surface area contributed by atoms with Crippen LogP contribution in [0, 0.1) is 0 Å². The van der Waals surface area contributed by atoms with Crippen molar-refractivity contribution in [3.63, 3.8) is 0 Å². The Kier molecular flexibility index (Phi) is 2.48. The van der Waals surface area contributed by atoms with Gasteiger partial charge in [-0.25, -0.2) is 4.79 Å². The largest absolute Gasteiger partial charge is 0.475 e. The first-order valence-electron chi connectivity index (χ1n) is 4.94. The average molecular weight is 217 g/mol. The lowest BCUT2D eigenvalue weighted by Crippen LogP contribution is -2.17. The number of aliphatic carboxylic acids is 1. The third-order valence-corrected chi connectivity index (χ3v) is 2.65. The van der Waals surface area contributed by atoms with Crippen LogP contribution < -0.4 is 5.73 Å². The molecule has 0 heterocycles. The standard InChI is InChI=1S/C12H11NO3/c13-10-4-3-7-5-9(11(14)12(15)16)2-1-8(7)6-10/h3-6H,1-2,13H2,(H,15,16). The molecule has 0 aliphatic heterocycles. The first kappa shape index (κ1) is 10.4. The van der Waals surface area contributed by atoms with E-state index in [1.54, 1.807) is 18.2 Å². The number of benzene rings is 1. The number of nitrogen functional groups attached to an aromatic ring is 1. The van der Waals surface area contributed by atoms with Gasteiger partial charge >= 0.3 is 5.97 Å². The van der Waals surface area contributed by atoms with Crippen LogP contribution in [0.5, 0.6) is 0 Å². The summed E-state index contributed by atoms with van der Waals surface area (Å²) in [6, 6.07) is 5.40. The number of carboxylic acids is 1. The maximum Gasteiger partial charge on any atom is 0.376 e. The molecule has 0 amide bonds. The monoisotopic (exact) mass is 217 g/mol. The van der Waals surface area contributed by atoms with Crippen molar-refractivity contribution in [2.75, 3.05) is 5.73 Å². The van der Waals surface area contributed by atoms with Crippen LogP contribution in [0.1, 0.15) is 17.5 Å². The Morgan fingerprint density at radius 2 is 2.00 bits per heavy atom. The topological polar surface area (TPSA) is 80.4 Å². The molecule has 0 atom stereocenters. The lowest BCUT2D eigenvalue weighted by atomic mass is 9.90. The van der Waals surface area contributed by atoms with Gasteiger partial charge in [-0.05, 0) is 42.2 Å². The molecule has 4 heteroatoms. The summed E-state index contributed by atoms with van der Waals surface area (Å²) in [5.74, 6) is -2.22. The van der Waals surface area contributed by atoms with Crippen LogP contribution in [0.15, 0.2) is 23.8 Å². The highest BCUT2D eigenvalue weighted by atomic mass is 16.4. The van der Waals surface area contributed by atoms with Gasteiger partial charge in [0, 0.05) is 11.3 Å². The number of rotatable bonds is 2. The second kappa shape index (κ2) is 3.81. The van der Waals surface area contributed by atoms with Gasteiger partial charge in [-0.15, -0.1) is 0 Å². The zero-order valence-corrected chi connectivity index (χ0v) is 8.56. The van der Waals surface area contributed by atoms with E-state index in [1.807, 2.05) is 6.07 Å². The van der Waals surface area contributed by atoms with Crippen molar-refractivity contribution in [3.05, 3.63) is 34.9 Å². The lowest BCUT2D eigenvalue weighted by Gasteiger charge is -2.14. The first-order valence-corrected chi connectivity index (χ1v) is 4.94. The SMILES string of the molecule is Nc1ccc2c(c1)CCC(C(=O)C(=O)O)=C2. The van der Waals surface area contributed by atoms with Gasteiger partial charge in [-0.2, -0.15) is 0 Å². The maximum absolute atomic E-state index is 11.3. The molecule has 82 valence electrons. The van der Waals surface area contributed by atoms with Gasteiger partial charge in [-0.1, -0.05) is 6.07 Å². The Balaban J connectivity index is 2.39. The molecule has 0 bridgehead atoms. The summed E-state index contributed by atoms with van der Waals surface area (Å²) in [4.78, 5) is 21.8. The Labute approximate surface area is 92.4 Å². The summed E-state index contributed by atoms with van der Waals surface area (Å²) in [5, 5.41) is 8.62. The molecule has 0 saturated carbocycles. The number of nitrogens with two attached hydrogens (primary N) is 1. The fraction of sp³-hybridized carbons (Fsp3) is 0.167. The van der Waals surface area contributed by atoms with Crippen molar-refractivity contribution in [1.82, 2.24) is 0 Å².